The maximum atomic E-state index is 10.2. The molecule has 5 heteroatoms. The van der Waals surface area contributed by atoms with Crippen LogP contribution in [-0.2, 0) is 4.43 Å². The highest BCUT2D eigenvalue weighted by molar-refractivity contribution is 6.74. The smallest absolute Gasteiger partial charge is 0.192 e. The fourth-order valence-corrected chi connectivity index (χ4v) is 5.30. The lowest BCUT2D eigenvalue weighted by atomic mass is 9.74. The fraction of sp³-hybridized carbons (Fsp3) is 0.833. The standard InChI is InChI=1S/C15H30O2Si.C9H16O2/c1-11-9-12(10-15(5,6)13(11)16)17-18(7,8)14(2,3)4;1-6-4-7(10)5-9(2,3)8(6)11/h9,12-13,16H,10H2,1-8H3;4,7-8,10-11H,5H2,1-3H3/t12-,13+;7-,8+/m11/s1. The van der Waals surface area contributed by atoms with Crippen LogP contribution in [0.2, 0.25) is 18.1 Å². The zero-order chi connectivity index (χ0) is 23.0. The summed E-state index contributed by atoms with van der Waals surface area (Å²) < 4.78 is 6.45. The van der Waals surface area contributed by atoms with Crippen LogP contribution in [0.1, 0.15) is 75.2 Å². The monoisotopic (exact) mass is 426 g/mol. The Labute approximate surface area is 180 Å². The summed E-state index contributed by atoms with van der Waals surface area (Å²) in [5.41, 5.74) is 1.66. The largest absolute Gasteiger partial charge is 0.411 e. The molecule has 2 aliphatic carbocycles. The van der Waals surface area contributed by atoms with Gasteiger partial charge in [0.15, 0.2) is 8.32 Å². The van der Waals surface area contributed by atoms with Gasteiger partial charge in [-0.1, -0.05) is 60.6 Å². The van der Waals surface area contributed by atoms with Crippen LogP contribution in [0.5, 0.6) is 0 Å². The lowest BCUT2D eigenvalue weighted by molar-refractivity contribution is 0.0277. The summed E-state index contributed by atoms with van der Waals surface area (Å²) >= 11 is 0. The Kier molecular flexibility index (Phi) is 8.20. The first-order valence-electron chi connectivity index (χ1n) is 10.9. The van der Waals surface area contributed by atoms with Gasteiger partial charge in [-0.25, -0.2) is 0 Å². The first-order valence-corrected chi connectivity index (χ1v) is 13.8. The minimum Gasteiger partial charge on any atom is -0.411 e. The van der Waals surface area contributed by atoms with Crippen molar-refractivity contribution in [3.63, 3.8) is 0 Å². The Morgan fingerprint density at radius 1 is 0.862 bits per heavy atom. The Balaban J connectivity index is 0.000000326. The molecular formula is C24H46O4Si. The lowest BCUT2D eigenvalue weighted by Crippen LogP contribution is -2.47. The second-order valence-corrected chi connectivity index (χ2v) is 16.8. The number of aliphatic hydroxyl groups is 3. The molecule has 4 atom stereocenters. The van der Waals surface area contributed by atoms with Crippen molar-refractivity contribution in [2.45, 2.75) is 118 Å². The van der Waals surface area contributed by atoms with Crippen LogP contribution in [0.15, 0.2) is 23.3 Å². The molecule has 0 amide bonds. The summed E-state index contributed by atoms with van der Waals surface area (Å²) in [4.78, 5) is 0. The second kappa shape index (κ2) is 8.95. The van der Waals surface area contributed by atoms with Crippen molar-refractivity contribution in [3.05, 3.63) is 23.3 Å². The quantitative estimate of drug-likeness (QED) is 0.419. The van der Waals surface area contributed by atoms with Crippen molar-refractivity contribution in [1.29, 1.82) is 0 Å². The molecule has 0 aromatic heterocycles. The first kappa shape index (κ1) is 26.6. The summed E-state index contributed by atoms with van der Waals surface area (Å²) in [5.74, 6) is 0. The van der Waals surface area contributed by atoms with Crippen LogP contribution in [0.4, 0.5) is 0 Å². The summed E-state index contributed by atoms with van der Waals surface area (Å²) in [6, 6.07) is 0. The molecule has 3 N–H and O–H groups in total. The Hall–Kier alpha value is -0.463. The molecule has 0 aromatic rings. The van der Waals surface area contributed by atoms with Gasteiger partial charge < -0.3 is 19.7 Å². The molecule has 4 nitrogen and oxygen atoms in total. The molecule has 29 heavy (non-hydrogen) atoms. The average Bonchev–Trinajstić information content (AvgIpc) is 2.48. The summed E-state index contributed by atoms with van der Waals surface area (Å²) in [6.07, 6.45) is 4.44. The minimum atomic E-state index is -1.73. The van der Waals surface area contributed by atoms with E-state index in [9.17, 15) is 15.3 Å². The first-order chi connectivity index (χ1) is 12.8. The highest BCUT2D eigenvalue weighted by Gasteiger charge is 2.42. The van der Waals surface area contributed by atoms with E-state index in [2.05, 4.69) is 53.8 Å². The van der Waals surface area contributed by atoms with Gasteiger partial charge in [-0.2, -0.15) is 0 Å². The van der Waals surface area contributed by atoms with Gasteiger partial charge >= 0.3 is 0 Å². The Morgan fingerprint density at radius 2 is 1.28 bits per heavy atom. The van der Waals surface area contributed by atoms with E-state index in [0.717, 1.165) is 17.6 Å². The van der Waals surface area contributed by atoms with Crippen molar-refractivity contribution >= 4 is 8.32 Å². The molecule has 0 fully saturated rings. The van der Waals surface area contributed by atoms with Crippen molar-refractivity contribution in [2.24, 2.45) is 10.8 Å². The van der Waals surface area contributed by atoms with Crippen LogP contribution in [0.3, 0.4) is 0 Å². The molecule has 0 bridgehead atoms. The topological polar surface area (TPSA) is 69.9 Å². The second-order valence-electron chi connectivity index (χ2n) is 12.0. The molecule has 0 spiro atoms. The Bertz CT molecular complexity index is 625. The number of hydrogen-bond acceptors (Lipinski definition) is 4. The molecule has 0 saturated carbocycles. The van der Waals surface area contributed by atoms with E-state index in [-0.39, 0.29) is 34.2 Å². The lowest BCUT2D eigenvalue weighted by Gasteiger charge is -2.44. The summed E-state index contributed by atoms with van der Waals surface area (Å²) in [7, 11) is -1.73. The van der Waals surface area contributed by atoms with Crippen LogP contribution in [0, 0.1) is 10.8 Å². The molecule has 0 unspecified atom stereocenters. The summed E-state index contributed by atoms with van der Waals surface area (Å²) in [6.45, 7) is 23.4. The van der Waals surface area contributed by atoms with Crippen molar-refractivity contribution in [2.75, 3.05) is 0 Å². The molecule has 0 aliphatic heterocycles. The van der Waals surface area contributed by atoms with Gasteiger partial charge in [0.1, 0.15) is 0 Å². The van der Waals surface area contributed by atoms with E-state index >= 15 is 0 Å². The van der Waals surface area contributed by atoms with Gasteiger partial charge in [0.25, 0.3) is 0 Å². The van der Waals surface area contributed by atoms with E-state index in [4.69, 9.17) is 4.43 Å². The molecule has 2 rings (SSSR count). The molecule has 0 saturated heterocycles. The van der Waals surface area contributed by atoms with Crippen molar-refractivity contribution in [3.8, 4) is 0 Å². The van der Waals surface area contributed by atoms with Crippen LogP contribution >= 0.6 is 0 Å². The molecular weight excluding hydrogens is 380 g/mol. The van der Waals surface area contributed by atoms with E-state index in [0.29, 0.717) is 6.42 Å². The Morgan fingerprint density at radius 3 is 1.66 bits per heavy atom. The maximum absolute atomic E-state index is 10.2. The minimum absolute atomic E-state index is 0.0914. The van der Waals surface area contributed by atoms with Gasteiger partial charge in [0.2, 0.25) is 0 Å². The predicted octanol–water partition coefficient (Wildman–Crippen LogP) is 5.20. The third-order valence-electron chi connectivity index (χ3n) is 6.96. The zero-order valence-electron chi connectivity index (χ0n) is 20.6. The number of hydrogen-bond donors (Lipinski definition) is 3. The van der Waals surface area contributed by atoms with Gasteiger partial charge in [-0.05, 0) is 66.8 Å². The normalized spacial score (nSPS) is 31.9. The predicted molar refractivity (Wildman–Crippen MR) is 124 cm³/mol. The van der Waals surface area contributed by atoms with Crippen LogP contribution < -0.4 is 0 Å². The molecule has 170 valence electrons. The van der Waals surface area contributed by atoms with Gasteiger partial charge in [-0.3, -0.25) is 0 Å². The number of aliphatic hydroxyl groups excluding tert-OH is 3. The SMILES string of the molecule is CC1=C[C@@H](O)CC(C)(C)[C@H]1O.CC1=C[C@@H](O[Si](C)(C)C(C)(C)C)CC(C)(C)[C@H]1O. The zero-order valence-corrected chi connectivity index (χ0v) is 21.6. The van der Waals surface area contributed by atoms with Crippen LogP contribution in [0.25, 0.3) is 0 Å². The third kappa shape index (κ3) is 6.76. The van der Waals surface area contributed by atoms with Crippen molar-refractivity contribution < 1.29 is 19.7 Å². The highest BCUT2D eigenvalue weighted by Crippen LogP contribution is 2.42. The molecule has 2 aliphatic rings. The molecule has 0 radical (unpaired) electrons. The van der Waals surface area contributed by atoms with E-state index < -0.39 is 14.4 Å². The number of rotatable bonds is 2. The molecule has 0 aromatic carbocycles. The van der Waals surface area contributed by atoms with Gasteiger partial charge in [0, 0.05) is 0 Å². The van der Waals surface area contributed by atoms with Gasteiger partial charge in [-0.15, -0.1) is 0 Å². The maximum Gasteiger partial charge on any atom is 0.192 e. The van der Waals surface area contributed by atoms with E-state index in [1.54, 1.807) is 6.08 Å². The highest BCUT2D eigenvalue weighted by atomic mass is 28.4. The molecule has 0 heterocycles. The fourth-order valence-electron chi connectivity index (χ4n) is 4.04. The van der Waals surface area contributed by atoms with Gasteiger partial charge in [0.05, 0.1) is 24.4 Å². The van der Waals surface area contributed by atoms with E-state index in [1.165, 1.54) is 0 Å². The summed E-state index contributed by atoms with van der Waals surface area (Å²) in [5, 5.41) is 29.4. The average molecular weight is 427 g/mol. The third-order valence-corrected chi connectivity index (χ3v) is 11.5. The van der Waals surface area contributed by atoms with Crippen molar-refractivity contribution in [1.82, 2.24) is 0 Å². The van der Waals surface area contributed by atoms with E-state index in [1.807, 2.05) is 27.7 Å². The van der Waals surface area contributed by atoms with Crippen LogP contribution in [-0.4, -0.2) is 48.1 Å².